The molecule has 21 heavy (non-hydrogen) atoms. The molecule has 1 amide bonds. The third kappa shape index (κ3) is 2.95. The van der Waals surface area contributed by atoms with Crippen molar-refractivity contribution in [2.45, 2.75) is 6.42 Å². The largest absolute Gasteiger partial charge is 0.459 e. The number of hydrogen-bond acceptors (Lipinski definition) is 7. The number of hydrogen-bond donors (Lipinski definition) is 1. The number of nitrogens with zero attached hydrogens (tertiary/aromatic N) is 3. The second kappa shape index (κ2) is 4.97. The average molecular weight is 312 g/mol. The number of nitrogens with two attached hydrogens (primary N) is 1. The molecule has 112 valence electrons. The van der Waals surface area contributed by atoms with E-state index in [1.165, 1.54) is 11.2 Å². The lowest BCUT2D eigenvalue weighted by Crippen LogP contribution is -2.27. The van der Waals surface area contributed by atoms with Gasteiger partial charge in [0, 0.05) is 18.9 Å². The standard InChI is InChI=1S/C11H12N4O5S/c12-21(17,18)6-7-4-9(16)15(5-7)11-14-13-10(20-11)8-2-1-3-19-8/h1-3,7H,4-6H2,(H2,12,17,18). The Hall–Kier alpha value is -2.20. The molecular formula is C11H12N4O5S. The summed E-state index contributed by atoms with van der Waals surface area (Å²) < 4.78 is 32.6. The minimum atomic E-state index is -3.63. The Morgan fingerprint density at radius 1 is 1.43 bits per heavy atom. The molecule has 2 N–H and O–H groups in total. The van der Waals surface area contributed by atoms with Gasteiger partial charge in [0.2, 0.25) is 15.9 Å². The molecule has 10 heteroatoms. The second-order valence-electron chi connectivity index (χ2n) is 4.77. The van der Waals surface area contributed by atoms with E-state index in [2.05, 4.69) is 10.2 Å². The zero-order valence-electron chi connectivity index (χ0n) is 10.8. The van der Waals surface area contributed by atoms with Crippen LogP contribution in [0.2, 0.25) is 0 Å². The van der Waals surface area contributed by atoms with Crippen LogP contribution in [0.5, 0.6) is 0 Å². The zero-order valence-corrected chi connectivity index (χ0v) is 11.6. The molecule has 2 aromatic rings. The van der Waals surface area contributed by atoms with Gasteiger partial charge in [-0.3, -0.25) is 9.69 Å². The molecule has 0 spiro atoms. The number of amides is 1. The summed E-state index contributed by atoms with van der Waals surface area (Å²) in [5.41, 5.74) is 0. The van der Waals surface area contributed by atoms with Crippen molar-refractivity contribution in [1.29, 1.82) is 0 Å². The Morgan fingerprint density at radius 3 is 2.90 bits per heavy atom. The smallest absolute Gasteiger partial charge is 0.325 e. The lowest BCUT2D eigenvalue weighted by molar-refractivity contribution is -0.117. The molecule has 1 fully saturated rings. The lowest BCUT2D eigenvalue weighted by Gasteiger charge is -2.10. The van der Waals surface area contributed by atoms with Gasteiger partial charge >= 0.3 is 6.01 Å². The fraction of sp³-hybridized carbons (Fsp3) is 0.364. The highest BCUT2D eigenvalue weighted by Gasteiger charge is 2.35. The van der Waals surface area contributed by atoms with E-state index in [1.54, 1.807) is 12.1 Å². The SMILES string of the molecule is NS(=O)(=O)CC1CC(=O)N(c2nnc(-c3ccco3)o2)C1. The molecule has 9 nitrogen and oxygen atoms in total. The normalized spacial score (nSPS) is 19.4. The summed E-state index contributed by atoms with van der Waals surface area (Å²) in [6, 6.07) is 3.33. The van der Waals surface area contributed by atoms with Gasteiger partial charge in [0.25, 0.3) is 5.89 Å². The topological polar surface area (TPSA) is 133 Å². The molecule has 1 unspecified atom stereocenters. The summed E-state index contributed by atoms with van der Waals surface area (Å²) in [7, 11) is -3.63. The molecular weight excluding hydrogens is 300 g/mol. The highest BCUT2D eigenvalue weighted by atomic mass is 32.2. The maximum Gasteiger partial charge on any atom is 0.325 e. The van der Waals surface area contributed by atoms with E-state index in [0.717, 1.165) is 0 Å². The predicted molar refractivity (Wildman–Crippen MR) is 70.4 cm³/mol. The predicted octanol–water partition coefficient (Wildman–Crippen LogP) is -0.0290. The summed E-state index contributed by atoms with van der Waals surface area (Å²) in [6.07, 6.45) is 1.54. The van der Waals surface area contributed by atoms with E-state index in [9.17, 15) is 13.2 Å². The van der Waals surface area contributed by atoms with Crippen molar-refractivity contribution in [3.8, 4) is 11.7 Å². The van der Waals surface area contributed by atoms with Gasteiger partial charge in [-0.05, 0) is 12.1 Å². The Bertz CT molecular complexity index is 751. The first-order valence-corrected chi connectivity index (χ1v) is 7.82. The number of anilines is 1. The summed E-state index contributed by atoms with van der Waals surface area (Å²) in [6.45, 7) is 0.176. The van der Waals surface area contributed by atoms with Crippen molar-refractivity contribution in [1.82, 2.24) is 10.2 Å². The van der Waals surface area contributed by atoms with Gasteiger partial charge in [-0.2, -0.15) is 0 Å². The fourth-order valence-electron chi connectivity index (χ4n) is 2.23. The molecule has 1 aliphatic rings. The van der Waals surface area contributed by atoms with Crippen LogP contribution in [-0.4, -0.2) is 36.8 Å². The van der Waals surface area contributed by atoms with Crippen LogP contribution in [-0.2, 0) is 14.8 Å². The van der Waals surface area contributed by atoms with Crippen LogP contribution in [0.1, 0.15) is 6.42 Å². The van der Waals surface area contributed by atoms with Crippen molar-refractivity contribution in [3.05, 3.63) is 18.4 Å². The van der Waals surface area contributed by atoms with Gasteiger partial charge in [0.15, 0.2) is 5.76 Å². The quantitative estimate of drug-likeness (QED) is 0.838. The molecule has 0 radical (unpaired) electrons. The van der Waals surface area contributed by atoms with E-state index in [0.29, 0.717) is 5.76 Å². The minimum Gasteiger partial charge on any atom is -0.459 e. The lowest BCUT2D eigenvalue weighted by atomic mass is 10.1. The third-order valence-electron chi connectivity index (χ3n) is 3.05. The molecule has 0 saturated carbocycles. The fourth-order valence-corrected chi connectivity index (χ4v) is 3.11. The van der Waals surface area contributed by atoms with Crippen molar-refractivity contribution in [2.24, 2.45) is 11.1 Å². The first-order valence-electron chi connectivity index (χ1n) is 6.10. The molecule has 1 aliphatic heterocycles. The van der Waals surface area contributed by atoms with Crippen LogP contribution in [0, 0.1) is 5.92 Å². The van der Waals surface area contributed by atoms with E-state index >= 15 is 0 Å². The molecule has 3 heterocycles. The summed E-state index contributed by atoms with van der Waals surface area (Å²) in [5.74, 6) is -0.377. The third-order valence-corrected chi connectivity index (χ3v) is 3.99. The first-order chi connectivity index (χ1) is 9.92. The number of aromatic nitrogens is 2. The van der Waals surface area contributed by atoms with Crippen LogP contribution < -0.4 is 10.0 Å². The average Bonchev–Trinajstić information content (AvgIpc) is 3.06. The van der Waals surface area contributed by atoms with Crippen LogP contribution >= 0.6 is 0 Å². The maximum atomic E-state index is 11.9. The van der Waals surface area contributed by atoms with Gasteiger partial charge in [0.05, 0.1) is 12.0 Å². The highest BCUT2D eigenvalue weighted by Crippen LogP contribution is 2.27. The number of rotatable bonds is 4. The number of furan rings is 1. The Morgan fingerprint density at radius 2 is 2.24 bits per heavy atom. The van der Waals surface area contributed by atoms with Crippen LogP contribution in [0.25, 0.3) is 11.7 Å². The number of primary sulfonamides is 1. The van der Waals surface area contributed by atoms with Gasteiger partial charge < -0.3 is 8.83 Å². The molecule has 1 atom stereocenters. The van der Waals surface area contributed by atoms with Gasteiger partial charge in [-0.15, -0.1) is 5.10 Å². The second-order valence-corrected chi connectivity index (χ2v) is 6.43. The van der Waals surface area contributed by atoms with Crippen molar-refractivity contribution < 1.29 is 22.0 Å². The maximum absolute atomic E-state index is 11.9. The van der Waals surface area contributed by atoms with E-state index in [1.807, 2.05) is 0 Å². The summed E-state index contributed by atoms with van der Waals surface area (Å²) >= 11 is 0. The van der Waals surface area contributed by atoms with Crippen molar-refractivity contribution >= 4 is 21.9 Å². The molecule has 0 aliphatic carbocycles. The summed E-state index contributed by atoms with van der Waals surface area (Å²) in [4.78, 5) is 13.2. The van der Waals surface area contributed by atoms with Crippen LogP contribution in [0.15, 0.2) is 27.2 Å². The highest BCUT2D eigenvalue weighted by molar-refractivity contribution is 7.89. The van der Waals surface area contributed by atoms with Gasteiger partial charge in [-0.25, -0.2) is 13.6 Å². The van der Waals surface area contributed by atoms with Crippen molar-refractivity contribution in [2.75, 3.05) is 17.2 Å². The zero-order chi connectivity index (χ0) is 15.0. The molecule has 3 rings (SSSR count). The van der Waals surface area contributed by atoms with Gasteiger partial charge in [-0.1, -0.05) is 5.10 Å². The molecule has 1 saturated heterocycles. The molecule has 0 bridgehead atoms. The number of sulfonamides is 1. The van der Waals surface area contributed by atoms with E-state index < -0.39 is 10.0 Å². The monoisotopic (exact) mass is 312 g/mol. The first kappa shape index (κ1) is 13.8. The number of carbonyl (C=O) groups is 1. The van der Waals surface area contributed by atoms with E-state index in [-0.39, 0.29) is 42.4 Å². The Kier molecular flexibility index (Phi) is 3.26. The van der Waals surface area contributed by atoms with E-state index in [4.69, 9.17) is 14.0 Å². The van der Waals surface area contributed by atoms with Crippen LogP contribution in [0.3, 0.4) is 0 Å². The minimum absolute atomic E-state index is 0.0170. The van der Waals surface area contributed by atoms with Crippen LogP contribution in [0.4, 0.5) is 6.01 Å². The Balaban J connectivity index is 1.77. The van der Waals surface area contributed by atoms with Crippen molar-refractivity contribution in [3.63, 3.8) is 0 Å². The Labute approximate surface area is 119 Å². The van der Waals surface area contributed by atoms with Gasteiger partial charge in [0.1, 0.15) is 0 Å². The molecule has 0 aromatic carbocycles. The molecule has 2 aromatic heterocycles. The number of carbonyl (C=O) groups excluding carboxylic acids is 1. The summed E-state index contributed by atoms with van der Waals surface area (Å²) in [5, 5.41) is 12.6.